The summed E-state index contributed by atoms with van der Waals surface area (Å²) < 4.78 is 5.09. The maximum atomic E-state index is 9.89. The summed E-state index contributed by atoms with van der Waals surface area (Å²) in [6, 6.07) is 6.83. The molecule has 0 bridgehead atoms. The van der Waals surface area contributed by atoms with E-state index in [1.807, 2.05) is 18.2 Å². The van der Waals surface area contributed by atoms with E-state index in [0.29, 0.717) is 17.8 Å². The third-order valence-electron chi connectivity index (χ3n) is 4.21. The summed E-state index contributed by atoms with van der Waals surface area (Å²) in [4.78, 5) is 2.52. The van der Waals surface area contributed by atoms with Gasteiger partial charge in [-0.05, 0) is 30.5 Å². The molecule has 2 unspecified atom stereocenters. The van der Waals surface area contributed by atoms with Gasteiger partial charge in [0.15, 0.2) is 11.5 Å². The average molecular weight is 278 g/mol. The molecule has 1 aromatic carbocycles. The second kappa shape index (κ2) is 6.95. The van der Waals surface area contributed by atoms with E-state index in [-0.39, 0.29) is 5.75 Å². The van der Waals surface area contributed by atoms with Crippen LogP contribution >= 0.6 is 0 Å². The molecule has 4 heteroatoms. The Morgan fingerprint density at radius 1 is 1.35 bits per heavy atom. The molecule has 0 amide bonds. The minimum atomic E-state index is 0.222. The molecule has 1 saturated heterocycles. The van der Waals surface area contributed by atoms with Gasteiger partial charge in [-0.15, -0.1) is 0 Å². The lowest BCUT2D eigenvalue weighted by Crippen LogP contribution is -2.55. The van der Waals surface area contributed by atoms with Crippen LogP contribution in [-0.2, 0) is 6.54 Å². The summed E-state index contributed by atoms with van der Waals surface area (Å²) in [5, 5.41) is 13.5. The third-order valence-corrected chi connectivity index (χ3v) is 4.21. The number of nitrogens with zero attached hydrogens (tertiary/aromatic N) is 1. The number of hydrogen-bond donors (Lipinski definition) is 2. The van der Waals surface area contributed by atoms with Crippen LogP contribution in [0.2, 0.25) is 0 Å². The van der Waals surface area contributed by atoms with Crippen molar-refractivity contribution in [1.29, 1.82) is 0 Å². The van der Waals surface area contributed by atoms with Gasteiger partial charge in [0.2, 0.25) is 0 Å². The fourth-order valence-electron chi connectivity index (χ4n) is 2.87. The molecule has 1 aliphatic rings. The second-order valence-electron chi connectivity index (χ2n) is 5.51. The zero-order valence-electron chi connectivity index (χ0n) is 12.7. The lowest BCUT2D eigenvalue weighted by molar-refractivity contribution is 0.117. The van der Waals surface area contributed by atoms with Crippen molar-refractivity contribution in [2.75, 3.05) is 20.2 Å². The van der Waals surface area contributed by atoms with E-state index >= 15 is 0 Å². The minimum absolute atomic E-state index is 0.222. The van der Waals surface area contributed by atoms with Crippen molar-refractivity contribution in [3.8, 4) is 11.5 Å². The van der Waals surface area contributed by atoms with Crippen LogP contribution in [0.4, 0.5) is 0 Å². The normalized spacial score (nSPS) is 23.8. The quantitative estimate of drug-likeness (QED) is 0.868. The van der Waals surface area contributed by atoms with Crippen molar-refractivity contribution in [3.05, 3.63) is 23.8 Å². The molecule has 4 nitrogen and oxygen atoms in total. The molecule has 1 aromatic rings. The van der Waals surface area contributed by atoms with Gasteiger partial charge in [0.25, 0.3) is 0 Å². The van der Waals surface area contributed by atoms with Crippen molar-refractivity contribution < 1.29 is 9.84 Å². The summed E-state index contributed by atoms with van der Waals surface area (Å²) in [6.45, 7) is 7.46. The maximum absolute atomic E-state index is 9.89. The summed E-state index contributed by atoms with van der Waals surface area (Å²) in [6.07, 6.45) is 2.30. The average Bonchev–Trinajstić information content (AvgIpc) is 2.47. The molecule has 2 atom stereocenters. The Kier molecular flexibility index (Phi) is 5.26. The topological polar surface area (TPSA) is 44.7 Å². The Morgan fingerprint density at radius 3 is 2.75 bits per heavy atom. The molecule has 1 heterocycles. The number of aromatic hydroxyl groups is 1. The number of rotatable bonds is 5. The molecule has 1 fully saturated rings. The Morgan fingerprint density at radius 2 is 2.15 bits per heavy atom. The van der Waals surface area contributed by atoms with E-state index in [4.69, 9.17) is 4.74 Å². The third kappa shape index (κ3) is 3.44. The monoisotopic (exact) mass is 278 g/mol. The van der Waals surface area contributed by atoms with Crippen molar-refractivity contribution in [3.63, 3.8) is 0 Å². The predicted molar refractivity (Wildman–Crippen MR) is 81.2 cm³/mol. The standard InChI is InChI=1S/C16H26N2O2/c1-4-13-11-18(14(5-2)9-17-13)10-12-6-7-16(20-3)15(19)8-12/h6-8,13-14,17,19H,4-5,9-11H2,1-3H3. The number of phenolic OH excluding ortho intramolecular Hbond substituents is 1. The summed E-state index contributed by atoms with van der Waals surface area (Å²) >= 11 is 0. The molecule has 0 aliphatic carbocycles. The van der Waals surface area contributed by atoms with Crippen LogP contribution in [-0.4, -0.2) is 42.3 Å². The van der Waals surface area contributed by atoms with Crippen LogP contribution in [0.5, 0.6) is 11.5 Å². The molecule has 20 heavy (non-hydrogen) atoms. The van der Waals surface area contributed by atoms with Crippen molar-refractivity contribution >= 4 is 0 Å². The lowest BCUT2D eigenvalue weighted by atomic mass is 10.0. The van der Waals surface area contributed by atoms with Gasteiger partial charge in [-0.2, -0.15) is 0 Å². The number of hydrogen-bond acceptors (Lipinski definition) is 4. The SMILES string of the molecule is CCC1CN(Cc2ccc(OC)c(O)c2)C(CC)CN1. The Bertz CT molecular complexity index is 436. The first-order valence-electron chi connectivity index (χ1n) is 7.51. The van der Waals surface area contributed by atoms with Gasteiger partial charge in [-0.25, -0.2) is 0 Å². The summed E-state index contributed by atoms with van der Waals surface area (Å²) in [7, 11) is 1.57. The number of methoxy groups -OCH3 is 1. The van der Waals surface area contributed by atoms with Crippen molar-refractivity contribution in [2.24, 2.45) is 0 Å². The second-order valence-corrected chi connectivity index (χ2v) is 5.51. The van der Waals surface area contributed by atoms with Gasteiger partial charge < -0.3 is 15.2 Å². The first-order chi connectivity index (χ1) is 9.67. The highest BCUT2D eigenvalue weighted by atomic mass is 16.5. The first-order valence-corrected chi connectivity index (χ1v) is 7.51. The van der Waals surface area contributed by atoms with Crippen molar-refractivity contribution in [1.82, 2.24) is 10.2 Å². The van der Waals surface area contributed by atoms with Gasteiger partial charge in [-0.3, -0.25) is 4.90 Å². The highest BCUT2D eigenvalue weighted by molar-refractivity contribution is 5.41. The summed E-state index contributed by atoms with van der Waals surface area (Å²) in [5.74, 6) is 0.757. The number of nitrogens with one attached hydrogen (secondary N) is 1. The van der Waals surface area contributed by atoms with E-state index in [0.717, 1.165) is 38.0 Å². The van der Waals surface area contributed by atoms with Gasteiger partial charge in [-0.1, -0.05) is 19.9 Å². The highest BCUT2D eigenvalue weighted by Gasteiger charge is 2.25. The van der Waals surface area contributed by atoms with Crippen LogP contribution < -0.4 is 10.1 Å². The van der Waals surface area contributed by atoms with Gasteiger partial charge >= 0.3 is 0 Å². The number of piperazine rings is 1. The molecular formula is C16H26N2O2. The molecule has 2 N–H and O–H groups in total. The van der Waals surface area contributed by atoms with E-state index in [9.17, 15) is 5.11 Å². The largest absolute Gasteiger partial charge is 0.504 e. The fourth-order valence-corrected chi connectivity index (χ4v) is 2.87. The molecule has 1 aliphatic heterocycles. The number of benzene rings is 1. The maximum Gasteiger partial charge on any atom is 0.160 e. The molecule has 0 saturated carbocycles. The molecule has 0 radical (unpaired) electrons. The molecule has 112 valence electrons. The Balaban J connectivity index is 2.07. The van der Waals surface area contributed by atoms with E-state index < -0.39 is 0 Å². The van der Waals surface area contributed by atoms with Crippen LogP contribution in [0.3, 0.4) is 0 Å². The van der Waals surface area contributed by atoms with Crippen LogP contribution in [0.15, 0.2) is 18.2 Å². The molecule has 0 aromatic heterocycles. The first kappa shape index (κ1) is 15.1. The van der Waals surface area contributed by atoms with E-state index in [1.165, 1.54) is 0 Å². The predicted octanol–water partition coefficient (Wildman–Crippen LogP) is 2.36. The van der Waals surface area contributed by atoms with Gasteiger partial charge in [0.05, 0.1) is 7.11 Å². The fraction of sp³-hybridized carbons (Fsp3) is 0.625. The Labute approximate surface area is 121 Å². The van der Waals surface area contributed by atoms with Gasteiger partial charge in [0.1, 0.15) is 0 Å². The van der Waals surface area contributed by atoms with E-state index in [2.05, 4.69) is 24.1 Å². The minimum Gasteiger partial charge on any atom is -0.504 e. The number of ether oxygens (including phenoxy) is 1. The lowest BCUT2D eigenvalue weighted by Gasteiger charge is -2.40. The number of phenols is 1. The van der Waals surface area contributed by atoms with Crippen LogP contribution in [0, 0.1) is 0 Å². The Hall–Kier alpha value is -1.26. The zero-order valence-corrected chi connectivity index (χ0v) is 12.7. The molecular weight excluding hydrogens is 252 g/mol. The van der Waals surface area contributed by atoms with Crippen molar-refractivity contribution in [2.45, 2.75) is 45.3 Å². The smallest absolute Gasteiger partial charge is 0.160 e. The summed E-state index contributed by atoms with van der Waals surface area (Å²) in [5.41, 5.74) is 1.14. The van der Waals surface area contributed by atoms with Gasteiger partial charge in [0, 0.05) is 31.7 Å². The van der Waals surface area contributed by atoms with Crippen LogP contribution in [0.1, 0.15) is 32.3 Å². The van der Waals surface area contributed by atoms with E-state index in [1.54, 1.807) is 7.11 Å². The molecule has 0 spiro atoms. The van der Waals surface area contributed by atoms with Crippen LogP contribution in [0.25, 0.3) is 0 Å². The molecule has 2 rings (SSSR count). The zero-order chi connectivity index (χ0) is 14.5. The highest BCUT2D eigenvalue weighted by Crippen LogP contribution is 2.27.